The van der Waals surface area contributed by atoms with E-state index < -0.39 is 0 Å². The molecule has 1 N–H and O–H groups in total. The summed E-state index contributed by atoms with van der Waals surface area (Å²) < 4.78 is 0. The van der Waals surface area contributed by atoms with Crippen LogP contribution in [0.5, 0.6) is 0 Å². The maximum atomic E-state index is 9.07. The van der Waals surface area contributed by atoms with Crippen molar-refractivity contribution in [2.24, 2.45) is 22.7 Å². The molecule has 0 aromatic heterocycles. The third kappa shape index (κ3) is 2.99. The van der Waals surface area contributed by atoms with E-state index in [1.807, 2.05) is 6.08 Å². The Morgan fingerprint density at radius 1 is 1.38 bits per heavy atom. The summed E-state index contributed by atoms with van der Waals surface area (Å²) in [5, 5.41) is 9.07. The molecule has 1 nitrogen and oxygen atoms in total. The van der Waals surface area contributed by atoms with Crippen LogP contribution in [0.3, 0.4) is 0 Å². The summed E-state index contributed by atoms with van der Waals surface area (Å²) in [5.74, 6) is 1.63. The minimum Gasteiger partial charge on any atom is -0.392 e. The van der Waals surface area contributed by atoms with Crippen molar-refractivity contribution in [1.29, 1.82) is 0 Å². The molecule has 0 bridgehead atoms. The number of aliphatic hydroxyl groups is 1. The SMILES string of the molecule is CC1=CCC[C@H]2[C@@](C)(CC/C(C)=C/CO)[C@H](C)CC[C@]12C. The topological polar surface area (TPSA) is 20.2 Å². The zero-order valence-corrected chi connectivity index (χ0v) is 14.7. The van der Waals surface area contributed by atoms with Crippen molar-refractivity contribution in [3.05, 3.63) is 23.3 Å². The van der Waals surface area contributed by atoms with Gasteiger partial charge in [0.2, 0.25) is 0 Å². The number of allylic oxidation sites excluding steroid dienone is 3. The van der Waals surface area contributed by atoms with Crippen LogP contribution in [-0.2, 0) is 0 Å². The Hall–Kier alpha value is -0.560. The monoisotopic (exact) mass is 290 g/mol. The smallest absolute Gasteiger partial charge is 0.0614 e. The predicted molar refractivity (Wildman–Crippen MR) is 91.2 cm³/mol. The Kier molecular flexibility index (Phi) is 5.03. The van der Waals surface area contributed by atoms with Gasteiger partial charge in [0.05, 0.1) is 6.61 Å². The Morgan fingerprint density at radius 2 is 2.10 bits per heavy atom. The van der Waals surface area contributed by atoms with Gasteiger partial charge in [0.25, 0.3) is 0 Å². The molecule has 2 aliphatic carbocycles. The molecule has 0 radical (unpaired) electrons. The molecule has 21 heavy (non-hydrogen) atoms. The molecule has 2 rings (SSSR count). The maximum Gasteiger partial charge on any atom is 0.0614 e. The standard InChI is InChI=1S/C20H34O/c1-15(11-14-21)9-12-19(4)17(3)10-13-20(5)16(2)7-6-8-18(19)20/h7,11,17-18,21H,6,8-10,12-14H2,1-5H3/b15-11+/t17-,18+,19+,20-/m1/s1. The van der Waals surface area contributed by atoms with Gasteiger partial charge < -0.3 is 5.11 Å². The highest BCUT2D eigenvalue weighted by atomic mass is 16.2. The molecular weight excluding hydrogens is 256 g/mol. The van der Waals surface area contributed by atoms with E-state index in [1.54, 1.807) is 5.57 Å². The summed E-state index contributed by atoms with van der Waals surface area (Å²) in [5.41, 5.74) is 3.85. The van der Waals surface area contributed by atoms with Crippen molar-refractivity contribution in [2.45, 2.75) is 73.1 Å². The van der Waals surface area contributed by atoms with Gasteiger partial charge in [-0.2, -0.15) is 0 Å². The largest absolute Gasteiger partial charge is 0.392 e. The zero-order valence-electron chi connectivity index (χ0n) is 14.7. The van der Waals surface area contributed by atoms with E-state index in [4.69, 9.17) is 5.11 Å². The lowest BCUT2D eigenvalue weighted by atomic mass is 9.47. The van der Waals surface area contributed by atoms with Crippen LogP contribution < -0.4 is 0 Å². The van der Waals surface area contributed by atoms with E-state index >= 15 is 0 Å². The minimum absolute atomic E-state index is 0.182. The molecule has 0 amide bonds. The Balaban J connectivity index is 2.23. The number of aliphatic hydroxyl groups excluding tert-OH is 1. The second-order valence-electron chi connectivity index (χ2n) is 8.11. The third-order valence-electron chi connectivity index (χ3n) is 7.09. The molecule has 1 saturated carbocycles. The molecule has 0 unspecified atom stereocenters. The lowest BCUT2D eigenvalue weighted by Gasteiger charge is -2.58. The summed E-state index contributed by atoms with van der Waals surface area (Å²) in [6, 6.07) is 0. The molecule has 1 heteroatoms. The van der Waals surface area contributed by atoms with Gasteiger partial charge in [-0.3, -0.25) is 0 Å². The number of rotatable bonds is 4. The van der Waals surface area contributed by atoms with Crippen LogP contribution in [0.4, 0.5) is 0 Å². The fourth-order valence-corrected chi connectivity index (χ4v) is 5.06. The molecule has 0 aromatic carbocycles. The lowest BCUT2D eigenvalue weighted by Crippen LogP contribution is -2.49. The lowest BCUT2D eigenvalue weighted by molar-refractivity contribution is -0.0466. The second kappa shape index (κ2) is 6.28. The Morgan fingerprint density at radius 3 is 2.76 bits per heavy atom. The second-order valence-corrected chi connectivity index (χ2v) is 8.11. The maximum absolute atomic E-state index is 9.07. The first-order valence-electron chi connectivity index (χ1n) is 8.78. The number of hydrogen-bond donors (Lipinski definition) is 1. The first-order valence-corrected chi connectivity index (χ1v) is 8.78. The summed E-state index contributed by atoms with van der Waals surface area (Å²) in [6.07, 6.45) is 12.2. The molecule has 1 fully saturated rings. The molecular formula is C20H34O. The van der Waals surface area contributed by atoms with Crippen LogP contribution in [0, 0.1) is 22.7 Å². The Labute approximate surface area is 131 Å². The zero-order chi connectivity index (χ0) is 15.7. The van der Waals surface area contributed by atoms with Crippen molar-refractivity contribution in [3.8, 4) is 0 Å². The third-order valence-corrected chi connectivity index (χ3v) is 7.09. The fraction of sp³-hybridized carbons (Fsp3) is 0.800. The highest BCUT2D eigenvalue weighted by molar-refractivity contribution is 5.21. The van der Waals surface area contributed by atoms with E-state index in [1.165, 1.54) is 37.7 Å². The van der Waals surface area contributed by atoms with Crippen LogP contribution in [0.25, 0.3) is 0 Å². The molecule has 0 spiro atoms. The van der Waals surface area contributed by atoms with Gasteiger partial charge in [-0.15, -0.1) is 0 Å². The van der Waals surface area contributed by atoms with Crippen molar-refractivity contribution >= 4 is 0 Å². The first kappa shape index (κ1) is 16.8. The van der Waals surface area contributed by atoms with Gasteiger partial charge >= 0.3 is 0 Å². The van der Waals surface area contributed by atoms with Crippen molar-refractivity contribution in [2.75, 3.05) is 6.61 Å². The molecule has 0 saturated heterocycles. The number of fused-ring (bicyclic) bond motifs is 1. The highest BCUT2D eigenvalue weighted by Crippen LogP contribution is 2.61. The van der Waals surface area contributed by atoms with Crippen LogP contribution >= 0.6 is 0 Å². The number of hydrogen-bond acceptors (Lipinski definition) is 1. The average Bonchev–Trinajstić information content (AvgIpc) is 2.44. The molecule has 4 atom stereocenters. The van der Waals surface area contributed by atoms with Crippen molar-refractivity contribution in [1.82, 2.24) is 0 Å². The molecule has 0 aliphatic heterocycles. The van der Waals surface area contributed by atoms with Gasteiger partial charge in [0.1, 0.15) is 0 Å². The predicted octanol–water partition coefficient (Wildman–Crippen LogP) is 5.50. The molecule has 2 aliphatic rings. The van der Waals surface area contributed by atoms with Gasteiger partial charge in [-0.25, -0.2) is 0 Å². The van der Waals surface area contributed by atoms with Crippen LogP contribution in [0.1, 0.15) is 73.1 Å². The summed E-state index contributed by atoms with van der Waals surface area (Å²) in [4.78, 5) is 0. The average molecular weight is 290 g/mol. The van der Waals surface area contributed by atoms with E-state index in [0.717, 1.165) is 18.3 Å². The van der Waals surface area contributed by atoms with Crippen molar-refractivity contribution in [3.63, 3.8) is 0 Å². The minimum atomic E-state index is 0.182. The first-order chi connectivity index (χ1) is 9.84. The Bertz CT molecular complexity index is 433. The van der Waals surface area contributed by atoms with E-state index in [2.05, 4.69) is 40.7 Å². The van der Waals surface area contributed by atoms with Gasteiger partial charge in [-0.1, -0.05) is 44.1 Å². The molecule has 0 aromatic rings. The normalized spacial score (nSPS) is 40.7. The quantitative estimate of drug-likeness (QED) is 0.677. The highest BCUT2D eigenvalue weighted by Gasteiger charge is 2.52. The van der Waals surface area contributed by atoms with Crippen molar-refractivity contribution < 1.29 is 5.11 Å². The summed E-state index contributed by atoms with van der Waals surface area (Å²) in [6.45, 7) is 12.2. The van der Waals surface area contributed by atoms with Crippen LogP contribution in [0.2, 0.25) is 0 Å². The van der Waals surface area contributed by atoms with E-state index in [9.17, 15) is 0 Å². The van der Waals surface area contributed by atoms with E-state index in [0.29, 0.717) is 10.8 Å². The fourth-order valence-electron chi connectivity index (χ4n) is 5.06. The van der Waals surface area contributed by atoms with Crippen LogP contribution in [0.15, 0.2) is 23.3 Å². The summed E-state index contributed by atoms with van der Waals surface area (Å²) >= 11 is 0. The van der Waals surface area contributed by atoms with Crippen LogP contribution in [-0.4, -0.2) is 11.7 Å². The van der Waals surface area contributed by atoms with E-state index in [-0.39, 0.29) is 6.61 Å². The molecule has 120 valence electrons. The van der Waals surface area contributed by atoms with Gasteiger partial charge in [-0.05, 0) is 75.0 Å². The van der Waals surface area contributed by atoms with Gasteiger partial charge in [0.15, 0.2) is 0 Å². The summed E-state index contributed by atoms with van der Waals surface area (Å²) in [7, 11) is 0. The molecule has 0 heterocycles. The van der Waals surface area contributed by atoms with Gasteiger partial charge in [0, 0.05) is 0 Å².